The van der Waals surface area contributed by atoms with Gasteiger partial charge in [0.25, 0.3) is 0 Å². The van der Waals surface area contributed by atoms with Crippen molar-refractivity contribution in [2.75, 3.05) is 6.61 Å². The summed E-state index contributed by atoms with van der Waals surface area (Å²) in [5.41, 5.74) is 0. The third-order valence-corrected chi connectivity index (χ3v) is 3.00. The Bertz CT molecular complexity index is 279. The molecule has 98 valence electrons. The largest absolute Gasteiger partial charge is 0.466 e. The molecule has 0 heterocycles. The maximum Gasteiger partial charge on any atom is 0.313 e. The maximum atomic E-state index is 12.9. The minimum Gasteiger partial charge on any atom is -0.466 e. The van der Waals surface area contributed by atoms with Crippen LogP contribution in [0.5, 0.6) is 0 Å². The standard InChI is InChI=1S/C12H18F2O3/c1-2-17-11(16)8-10(15)7-9-3-5-12(13,14)6-4-9/h9H,2-8H2,1H3. The second-order valence-electron chi connectivity index (χ2n) is 4.52. The molecule has 0 unspecified atom stereocenters. The van der Waals surface area contributed by atoms with E-state index >= 15 is 0 Å². The Labute approximate surface area is 99.5 Å². The molecule has 1 saturated carbocycles. The van der Waals surface area contributed by atoms with E-state index in [2.05, 4.69) is 4.74 Å². The topological polar surface area (TPSA) is 43.4 Å². The number of ether oxygens (including phenoxy) is 1. The van der Waals surface area contributed by atoms with Gasteiger partial charge < -0.3 is 4.74 Å². The van der Waals surface area contributed by atoms with Crippen molar-refractivity contribution in [1.29, 1.82) is 0 Å². The van der Waals surface area contributed by atoms with E-state index in [4.69, 9.17) is 0 Å². The van der Waals surface area contributed by atoms with E-state index in [0.29, 0.717) is 12.8 Å². The molecule has 0 saturated heterocycles. The minimum absolute atomic E-state index is 0.00319. The summed E-state index contributed by atoms with van der Waals surface area (Å²) in [7, 11) is 0. The van der Waals surface area contributed by atoms with Crippen molar-refractivity contribution in [3.05, 3.63) is 0 Å². The molecule has 0 aliphatic heterocycles. The molecule has 0 atom stereocenters. The molecule has 0 amide bonds. The summed E-state index contributed by atoms with van der Waals surface area (Å²) >= 11 is 0. The Morgan fingerprint density at radius 2 is 1.88 bits per heavy atom. The molecule has 5 heteroatoms. The number of carbonyl (C=O) groups is 2. The fourth-order valence-electron chi connectivity index (χ4n) is 2.07. The molecule has 0 bridgehead atoms. The second kappa shape index (κ2) is 6.07. The number of hydrogen-bond donors (Lipinski definition) is 0. The van der Waals surface area contributed by atoms with Gasteiger partial charge in [-0.1, -0.05) is 0 Å². The van der Waals surface area contributed by atoms with Crippen LogP contribution in [0.4, 0.5) is 8.78 Å². The minimum atomic E-state index is -2.57. The number of carbonyl (C=O) groups excluding carboxylic acids is 2. The summed E-state index contributed by atoms with van der Waals surface area (Å²) in [6.45, 7) is 1.92. The number of alkyl halides is 2. The van der Waals surface area contributed by atoms with Crippen LogP contribution in [0.1, 0.15) is 45.4 Å². The summed E-state index contributed by atoms with van der Waals surface area (Å²) in [5.74, 6) is -3.31. The number of Topliss-reactive ketones (excluding diaryl/α,β-unsaturated/α-hetero) is 1. The molecule has 3 nitrogen and oxygen atoms in total. The molecular weight excluding hydrogens is 230 g/mol. The van der Waals surface area contributed by atoms with Crippen LogP contribution < -0.4 is 0 Å². The van der Waals surface area contributed by atoms with E-state index in [1.807, 2.05) is 0 Å². The van der Waals surface area contributed by atoms with Crippen LogP contribution >= 0.6 is 0 Å². The Balaban J connectivity index is 2.26. The van der Waals surface area contributed by atoms with Crippen molar-refractivity contribution in [3.8, 4) is 0 Å². The summed E-state index contributed by atoms with van der Waals surface area (Å²) in [6, 6.07) is 0. The fourth-order valence-corrected chi connectivity index (χ4v) is 2.07. The van der Waals surface area contributed by atoms with Gasteiger partial charge >= 0.3 is 5.97 Å². The zero-order chi connectivity index (χ0) is 12.9. The second-order valence-corrected chi connectivity index (χ2v) is 4.52. The molecular formula is C12H18F2O3. The van der Waals surface area contributed by atoms with Crippen molar-refractivity contribution in [2.45, 2.75) is 51.4 Å². The van der Waals surface area contributed by atoms with Crippen LogP contribution in [-0.2, 0) is 14.3 Å². The Kier molecular flexibility index (Phi) is 5.02. The fraction of sp³-hybridized carbons (Fsp3) is 0.833. The zero-order valence-electron chi connectivity index (χ0n) is 10.0. The zero-order valence-corrected chi connectivity index (χ0v) is 10.0. The normalized spacial score (nSPS) is 19.9. The third kappa shape index (κ3) is 5.24. The maximum absolute atomic E-state index is 12.9. The Morgan fingerprint density at radius 3 is 2.41 bits per heavy atom. The Hall–Kier alpha value is -1.00. The van der Waals surface area contributed by atoms with Gasteiger partial charge in [-0.3, -0.25) is 9.59 Å². The first-order chi connectivity index (χ1) is 7.93. The highest BCUT2D eigenvalue weighted by molar-refractivity contribution is 5.95. The van der Waals surface area contributed by atoms with Crippen LogP contribution in [0.3, 0.4) is 0 Å². The lowest BCUT2D eigenvalue weighted by Crippen LogP contribution is -2.26. The molecule has 0 aromatic rings. The predicted octanol–water partition coefficient (Wildman–Crippen LogP) is 2.72. The smallest absolute Gasteiger partial charge is 0.313 e. The molecule has 1 aliphatic rings. The highest BCUT2D eigenvalue weighted by atomic mass is 19.3. The van der Waals surface area contributed by atoms with Crippen LogP contribution in [0, 0.1) is 5.92 Å². The monoisotopic (exact) mass is 248 g/mol. The molecule has 0 N–H and O–H groups in total. The molecule has 0 aromatic carbocycles. The van der Waals surface area contributed by atoms with Crippen molar-refractivity contribution < 1.29 is 23.1 Å². The predicted molar refractivity (Wildman–Crippen MR) is 57.8 cm³/mol. The molecule has 0 radical (unpaired) electrons. The average Bonchev–Trinajstić information content (AvgIpc) is 2.21. The molecule has 1 aliphatic carbocycles. The van der Waals surface area contributed by atoms with Gasteiger partial charge in [-0.05, 0) is 25.7 Å². The van der Waals surface area contributed by atoms with Crippen molar-refractivity contribution in [3.63, 3.8) is 0 Å². The first-order valence-corrected chi connectivity index (χ1v) is 5.98. The highest BCUT2D eigenvalue weighted by Gasteiger charge is 2.35. The van der Waals surface area contributed by atoms with Gasteiger partial charge in [0.05, 0.1) is 6.61 Å². The van der Waals surface area contributed by atoms with E-state index in [-0.39, 0.29) is 44.0 Å². The number of esters is 1. The number of ketones is 1. The molecule has 0 spiro atoms. The van der Waals surface area contributed by atoms with E-state index in [1.54, 1.807) is 6.92 Å². The van der Waals surface area contributed by atoms with Gasteiger partial charge in [-0.15, -0.1) is 0 Å². The van der Waals surface area contributed by atoms with E-state index in [1.165, 1.54) is 0 Å². The van der Waals surface area contributed by atoms with E-state index in [0.717, 1.165) is 0 Å². The van der Waals surface area contributed by atoms with E-state index in [9.17, 15) is 18.4 Å². The van der Waals surface area contributed by atoms with Crippen LogP contribution in [-0.4, -0.2) is 24.3 Å². The van der Waals surface area contributed by atoms with Crippen LogP contribution in [0.2, 0.25) is 0 Å². The first kappa shape index (κ1) is 14.1. The number of rotatable bonds is 5. The number of halogens is 2. The Morgan fingerprint density at radius 1 is 1.29 bits per heavy atom. The lowest BCUT2D eigenvalue weighted by molar-refractivity contribution is -0.145. The molecule has 1 fully saturated rings. The average molecular weight is 248 g/mol. The van der Waals surface area contributed by atoms with Gasteiger partial charge in [0.15, 0.2) is 0 Å². The van der Waals surface area contributed by atoms with Gasteiger partial charge in [-0.25, -0.2) is 8.78 Å². The van der Waals surface area contributed by atoms with E-state index < -0.39 is 11.9 Å². The van der Waals surface area contributed by atoms with Crippen LogP contribution in [0.25, 0.3) is 0 Å². The molecule has 17 heavy (non-hydrogen) atoms. The van der Waals surface area contributed by atoms with Crippen LogP contribution in [0.15, 0.2) is 0 Å². The summed E-state index contributed by atoms with van der Waals surface area (Å²) in [4.78, 5) is 22.5. The highest BCUT2D eigenvalue weighted by Crippen LogP contribution is 2.37. The summed E-state index contributed by atoms with van der Waals surface area (Å²) in [5, 5.41) is 0. The summed E-state index contributed by atoms with van der Waals surface area (Å²) in [6.07, 6.45) is 0.410. The summed E-state index contributed by atoms with van der Waals surface area (Å²) < 4.78 is 30.4. The van der Waals surface area contributed by atoms with Gasteiger partial charge in [-0.2, -0.15) is 0 Å². The molecule has 1 rings (SSSR count). The lowest BCUT2D eigenvalue weighted by Gasteiger charge is -2.27. The molecule has 0 aromatic heterocycles. The first-order valence-electron chi connectivity index (χ1n) is 5.98. The van der Waals surface area contributed by atoms with Crippen molar-refractivity contribution >= 4 is 11.8 Å². The number of hydrogen-bond acceptors (Lipinski definition) is 3. The van der Waals surface area contributed by atoms with Gasteiger partial charge in [0.2, 0.25) is 5.92 Å². The van der Waals surface area contributed by atoms with Gasteiger partial charge in [0, 0.05) is 19.3 Å². The van der Waals surface area contributed by atoms with Gasteiger partial charge in [0.1, 0.15) is 12.2 Å². The quantitative estimate of drug-likeness (QED) is 0.555. The van der Waals surface area contributed by atoms with Crippen molar-refractivity contribution in [1.82, 2.24) is 0 Å². The SMILES string of the molecule is CCOC(=O)CC(=O)CC1CCC(F)(F)CC1. The lowest BCUT2D eigenvalue weighted by atomic mass is 9.83. The third-order valence-electron chi connectivity index (χ3n) is 3.00. The van der Waals surface area contributed by atoms with Crippen molar-refractivity contribution in [2.24, 2.45) is 5.92 Å².